The molecule has 0 saturated heterocycles. The Morgan fingerprint density at radius 3 is 2.52 bits per heavy atom. The fourth-order valence-corrected chi connectivity index (χ4v) is 3.55. The van der Waals surface area contributed by atoms with Gasteiger partial charge in [-0.15, -0.1) is 0 Å². The summed E-state index contributed by atoms with van der Waals surface area (Å²) in [5, 5.41) is 3.20. The average molecular weight is 313 g/mol. The summed E-state index contributed by atoms with van der Waals surface area (Å²) >= 11 is 0. The van der Waals surface area contributed by atoms with Crippen LogP contribution < -0.4 is 9.62 Å². The molecule has 0 unspecified atom stereocenters. The van der Waals surface area contributed by atoms with Crippen LogP contribution in [0.5, 0.6) is 0 Å². The van der Waals surface area contributed by atoms with Gasteiger partial charge >= 0.3 is 10.2 Å². The number of aryl methyl sites for hydroxylation is 1. The zero-order valence-corrected chi connectivity index (χ0v) is 14.3. The summed E-state index contributed by atoms with van der Waals surface area (Å²) in [6, 6.07) is 7.58. The quantitative estimate of drug-likeness (QED) is 0.710. The summed E-state index contributed by atoms with van der Waals surface area (Å²) < 4.78 is 28.2. The van der Waals surface area contributed by atoms with Crippen molar-refractivity contribution in [2.24, 2.45) is 0 Å². The predicted molar refractivity (Wildman–Crippen MR) is 88.9 cm³/mol. The van der Waals surface area contributed by atoms with E-state index in [1.807, 2.05) is 45.0 Å². The van der Waals surface area contributed by atoms with Gasteiger partial charge in [0.2, 0.25) is 0 Å². The third kappa shape index (κ3) is 4.98. The molecule has 1 N–H and O–H groups in total. The Bertz CT molecular complexity index is 531. The number of hydrogen-bond donors (Lipinski definition) is 1. The molecule has 120 valence electrons. The Balaban J connectivity index is 2.82. The number of nitrogens with zero attached hydrogens (tertiary/aromatic N) is 2. The van der Waals surface area contributed by atoms with Crippen molar-refractivity contribution in [3.8, 4) is 0 Å². The fraction of sp³-hybridized carbons (Fsp3) is 0.600. The van der Waals surface area contributed by atoms with E-state index in [1.54, 1.807) is 7.05 Å². The first kappa shape index (κ1) is 17.9. The average Bonchev–Trinajstić information content (AvgIpc) is 2.44. The van der Waals surface area contributed by atoms with Gasteiger partial charge in [0, 0.05) is 20.1 Å². The number of hydrogen-bond acceptors (Lipinski definition) is 3. The van der Waals surface area contributed by atoms with E-state index in [2.05, 4.69) is 5.32 Å². The van der Waals surface area contributed by atoms with E-state index in [4.69, 9.17) is 0 Å². The molecule has 0 bridgehead atoms. The fourth-order valence-electron chi connectivity index (χ4n) is 2.15. The van der Waals surface area contributed by atoms with E-state index < -0.39 is 10.2 Å². The van der Waals surface area contributed by atoms with Gasteiger partial charge < -0.3 is 5.32 Å². The van der Waals surface area contributed by atoms with E-state index in [-0.39, 0.29) is 0 Å². The lowest BCUT2D eigenvalue weighted by atomic mass is 10.2. The predicted octanol–water partition coefficient (Wildman–Crippen LogP) is 2.00. The van der Waals surface area contributed by atoms with Crippen LogP contribution in [-0.2, 0) is 10.2 Å². The first-order chi connectivity index (χ1) is 9.93. The lowest BCUT2D eigenvalue weighted by molar-refractivity contribution is 0.453. The van der Waals surface area contributed by atoms with E-state index >= 15 is 0 Å². The summed E-state index contributed by atoms with van der Waals surface area (Å²) in [5.41, 5.74) is 1.77. The Hall–Kier alpha value is -1.11. The first-order valence-electron chi connectivity index (χ1n) is 7.44. The Morgan fingerprint density at radius 2 is 1.95 bits per heavy atom. The highest BCUT2D eigenvalue weighted by atomic mass is 32.2. The second-order valence-electron chi connectivity index (χ2n) is 5.04. The molecule has 1 aromatic carbocycles. The van der Waals surface area contributed by atoms with Crippen LogP contribution in [0.15, 0.2) is 24.3 Å². The zero-order valence-electron chi connectivity index (χ0n) is 13.5. The monoisotopic (exact) mass is 313 g/mol. The molecule has 5 nitrogen and oxygen atoms in total. The number of anilines is 1. The van der Waals surface area contributed by atoms with E-state index in [0.29, 0.717) is 13.1 Å². The first-order valence-corrected chi connectivity index (χ1v) is 8.84. The van der Waals surface area contributed by atoms with Crippen LogP contribution in [0.1, 0.15) is 25.8 Å². The zero-order chi connectivity index (χ0) is 15.9. The van der Waals surface area contributed by atoms with Crippen molar-refractivity contribution >= 4 is 15.9 Å². The molecular weight excluding hydrogens is 286 g/mol. The molecule has 0 aliphatic carbocycles. The number of nitrogens with one attached hydrogen (secondary N) is 1. The Kier molecular flexibility index (Phi) is 7.14. The Morgan fingerprint density at radius 1 is 1.24 bits per heavy atom. The lowest BCUT2D eigenvalue weighted by Crippen LogP contribution is -2.42. The minimum Gasteiger partial charge on any atom is -0.317 e. The molecule has 0 aromatic heterocycles. The van der Waals surface area contributed by atoms with Crippen LogP contribution in [0.3, 0.4) is 0 Å². The van der Waals surface area contributed by atoms with Gasteiger partial charge in [-0.2, -0.15) is 12.7 Å². The second-order valence-corrected chi connectivity index (χ2v) is 7.00. The van der Waals surface area contributed by atoms with Gasteiger partial charge in [0.25, 0.3) is 0 Å². The van der Waals surface area contributed by atoms with Crippen LogP contribution in [0.2, 0.25) is 0 Å². The SMILES string of the molecule is CCNCCCN(C)S(=O)(=O)N(CC)c1cccc(C)c1. The summed E-state index contributed by atoms with van der Waals surface area (Å²) in [7, 11) is -1.83. The van der Waals surface area contributed by atoms with Crippen LogP contribution in [0, 0.1) is 6.92 Å². The second kappa shape index (κ2) is 8.36. The van der Waals surface area contributed by atoms with Crippen LogP contribution in [0.4, 0.5) is 5.69 Å². The minimum atomic E-state index is -3.47. The summed E-state index contributed by atoms with van der Waals surface area (Å²) in [6.45, 7) is 8.52. The van der Waals surface area contributed by atoms with Crippen LogP contribution >= 0.6 is 0 Å². The van der Waals surface area contributed by atoms with Gasteiger partial charge in [-0.25, -0.2) is 0 Å². The minimum absolute atomic E-state index is 0.420. The van der Waals surface area contributed by atoms with Crippen molar-refractivity contribution in [2.75, 3.05) is 37.5 Å². The topological polar surface area (TPSA) is 52.7 Å². The largest absolute Gasteiger partial charge is 0.317 e. The molecule has 0 aliphatic heterocycles. The van der Waals surface area contributed by atoms with Gasteiger partial charge in [0.05, 0.1) is 5.69 Å². The third-order valence-corrected chi connectivity index (χ3v) is 5.32. The summed E-state index contributed by atoms with van der Waals surface area (Å²) in [5.74, 6) is 0. The normalized spacial score (nSPS) is 11.9. The highest BCUT2D eigenvalue weighted by molar-refractivity contribution is 7.90. The third-order valence-electron chi connectivity index (χ3n) is 3.33. The highest BCUT2D eigenvalue weighted by Gasteiger charge is 2.25. The van der Waals surface area contributed by atoms with Crippen molar-refractivity contribution < 1.29 is 8.42 Å². The molecule has 0 atom stereocenters. The molecule has 0 radical (unpaired) electrons. The maximum Gasteiger partial charge on any atom is 0.303 e. The molecule has 21 heavy (non-hydrogen) atoms. The smallest absolute Gasteiger partial charge is 0.303 e. The van der Waals surface area contributed by atoms with Gasteiger partial charge in [0.1, 0.15) is 0 Å². The van der Waals surface area contributed by atoms with Crippen LogP contribution in [-0.4, -0.2) is 45.9 Å². The molecular formula is C15H27N3O2S. The van der Waals surface area contributed by atoms with Gasteiger partial charge in [-0.1, -0.05) is 19.1 Å². The molecule has 0 heterocycles. The maximum atomic E-state index is 12.7. The van der Waals surface area contributed by atoms with Crippen LogP contribution in [0.25, 0.3) is 0 Å². The molecule has 6 heteroatoms. The van der Waals surface area contributed by atoms with E-state index in [0.717, 1.165) is 30.8 Å². The van der Waals surface area contributed by atoms with Crippen molar-refractivity contribution in [2.45, 2.75) is 27.2 Å². The van der Waals surface area contributed by atoms with Gasteiger partial charge in [-0.05, 0) is 51.1 Å². The van der Waals surface area contributed by atoms with E-state index in [9.17, 15) is 8.42 Å². The Labute approximate surface area is 129 Å². The molecule has 1 aromatic rings. The molecule has 0 amide bonds. The van der Waals surface area contributed by atoms with Crippen molar-refractivity contribution in [1.82, 2.24) is 9.62 Å². The molecule has 1 rings (SSSR count). The molecule has 0 saturated carbocycles. The van der Waals surface area contributed by atoms with Gasteiger partial charge in [0.15, 0.2) is 0 Å². The molecule has 0 fully saturated rings. The summed E-state index contributed by atoms with van der Waals surface area (Å²) in [6.07, 6.45) is 0.801. The van der Waals surface area contributed by atoms with Crippen molar-refractivity contribution in [3.63, 3.8) is 0 Å². The molecule has 0 spiro atoms. The van der Waals surface area contributed by atoms with Crippen molar-refractivity contribution in [1.29, 1.82) is 0 Å². The van der Waals surface area contributed by atoms with E-state index in [1.165, 1.54) is 8.61 Å². The standard InChI is InChI=1S/C15H27N3O2S/c1-5-16-11-8-12-17(4)21(19,20)18(6-2)15-10-7-9-14(3)13-15/h7,9-10,13,16H,5-6,8,11-12H2,1-4H3. The lowest BCUT2D eigenvalue weighted by Gasteiger charge is -2.28. The molecule has 0 aliphatic rings. The number of benzene rings is 1. The maximum absolute atomic E-state index is 12.7. The van der Waals surface area contributed by atoms with Gasteiger partial charge in [-0.3, -0.25) is 4.31 Å². The van der Waals surface area contributed by atoms with Crippen molar-refractivity contribution in [3.05, 3.63) is 29.8 Å². The number of rotatable bonds is 9. The summed E-state index contributed by atoms with van der Waals surface area (Å²) in [4.78, 5) is 0. The highest BCUT2D eigenvalue weighted by Crippen LogP contribution is 2.20.